The first-order valence-corrected chi connectivity index (χ1v) is 7.39. The summed E-state index contributed by atoms with van der Waals surface area (Å²) in [6.45, 7) is 6.35. The lowest BCUT2D eigenvalue weighted by Gasteiger charge is -2.40. The zero-order valence-corrected chi connectivity index (χ0v) is 11.9. The molecular formula is C11H19O6P. The molecule has 0 bridgehead atoms. The van der Waals surface area contributed by atoms with E-state index in [9.17, 15) is 19.1 Å². The summed E-state index contributed by atoms with van der Waals surface area (Å²) in [6, 6.07) is 0. The highest BCUT2D eigenvalue weighted by atomic mass is 31.2. The number of hydrogen-bond acceptors (Lipinski definition) is 4. The number of cyclic esters (lactones) is 1. The van der Waals surface area contributed by atoms with Crippen LogP contribution in [0.1, 0.15) is 40.5 Å². The van der Waals surface area contributed by atoms with Crippen LogP contribution in [0.3, 0.4) is 0 Å². The van der Waals surface area contributed by atoms with Gasteiger partial charge in [0, 0.05) is 13.8 Å². The van der Waals surface area contributed by atoms with Gasteiger partial charge in [-0.25, -0.2) is 4.79 Å². The molecule has 6 nitrogen and oxygen atoms in total. The summed E-state index contributed by atoms with van der Waals surface area (Å²) < 4.78 is 22.1. The Bertz CT molecular complexity index is 415. The molecular weight excluding hydrogens is 259 g/mol. The second-order valence-electron chi connectivity index (χ2n) is 4.71. The van der Waals surface area contributed by atoms with Gasteiger partial charge in [0.05, 0.1) is 6.08 Å². The van der Waals surface area contributed by atoms with Crippen LogP contribution in [0.25, 0.3) is 0 Å². The average Bonchev–Trinajstić information content (AvgIpc) is 2.14. The number of esters is 1. The van der Waals surface area contributed by atoms with Crippen LogP contribution >= 0.6 is 7.60 Å². The highest BCUT2D eigenvalue weighted by Crippen LogP contribution is 2.59. The molecule has 0 aromatic carbocycles. The van der Waals surface area contributed by atoms with E-state index < -0.39 is 24.5 Å². The Labute approximate surface area is 106 Å². The maximum Gasteiger partial charge on any atom is 0.339 e. The molecule has 2 N–H and O–H groups in total. The molecule has 0 unspecified atom stereocenters. The summed E-state index contributed by atoms with van der Waals surface area (Å²) in [6.07, 6.45) is 1.36. The molecule has 0 saturated heterocycles. The second-order valence-corrected chi connectivity index (χ2v) is 6.66. The maximum absolute atomic E-state index is 11.8. The van der Waals surface area contributed by atoms with Crippen molar-refractivity contribution in [2.75, 3.05) is 0 Å². The molecule has 0 spiro atoms. The molecule has 1 heterocycles. The summed E-state index contributed by atoms with van der Waals surface area (Å²) in [5, 5.41) is -1.47. The Morgan fingerprint density at radius 3 is 2.11 bits per heavy atom. The Balaban J connectivity index is 3.32. The normalized spacial score (nSPS) is 19.9. The molecule has 104 valence electrons. The molecule has 18 heavy (non-hydrogen) atoms. The van der Waals surface area contributed by atoms with Crippen LogP contribution in [0.15, 0.2) is 11.8 Å². The van der Waals surface area contributed by atoms with Gasteiger partial charge in [-0.05, 0) is 12.8 Å². The standard InChI is InChI=1S/C11H19O6P/c1-5-11(6-2,18(13,14)15)8-7-9(12)17-10(3,4)16-8/h7H,5-6H2,1-4H3,(H2,13,14,15). The van der Waals surface area contributed by atoms with E-state index in [4.69, 9.17) is 9.47 Å². The first kappa shape index (κ1) is 15.2. The van der Waals surface area contributed by atoms with Gasteiger partial charge in [-0.3, -0.25) is 4.57 Å². The van der Waals surface area contributed by atoms with Crippen LogP contribution < -0.4 is 0 Å². The summed E-state index contributed by atoms with van der Waals surface area (Å²) in [5.41, 5.74) is 0. The molecule has 7 heteroatoms. The van der Waals surface area contributed by atoms with Gasteiger partial charge in [0.25, 0.3) is 0 Å². The number of hydrogen-bond donors (Lipinski definition) is 2. The van der Waals surface area contributed by atoms with Crippen LogP contribution in [0.2, 0.25) is 0 Å². The molecule has 0 atom stereocenters. The van der Waals surface area contributed by atoms with Crippen LogP contribution in [0.5, 0.6) is 0 Å². The van der Waals surface area contributed by atoms with Crippen molar-refractivity contribution in [3.63, 3.8) is 0 Å². The van der Waals surface area contributed by atoms with Gasteiger partial charge >= 0.3 is 13.6 Å². The van der Waals surface area contributed by atoms with Crippen LogP contribution in [-0.4, -0.2) is 26.7 Å². The molecule has 1 aliphatic heterocycles. The quantitative estimate of drug-likeness (QED) is 0.602. The zero-order valence-electron chi connectivity index (χ0n) is 11.0. The molecule has 0 fully saturated rings. The third-order valence-corrected chi connectivity index (χ3v) is 5.11. The number of allylic oxidation sites excluding steroid dienone is 1. The highest BCUT2D eigenvalue weighted by Gasteiger charge is 2.51. The third-order valence-electron chi connectivity index (χ3n) is 3.14. The molecule has 0 saturated carbocycles. The minimum Gasteiger partial charge on any atom is -0.456 e. The summed E-state index contributed by atoms with van der Waals surface area (Å²) >= 11 is 0. The van der Waals surface area contributed by atoms with E-state index in [0.717, 1.165) is 6.08 Å². The Morgan fingerprint density at radius 2 is 1.78 bits per heavy atom. The summed E-state index contributed by atoms with van der Waals surface area (Å²) in [5.74, 6) is -1.87. The second kappa shape index (κ2) is 4.68. The fourth-order valence-electron chi connectivity index (χ4n) is 2.08. The van der Waals surface area contributed by atoms with Crippen molar-refractivity contribution >= 4 is 13.6 Å². The SMILES string of the molecule is CCC(CC)(C1=CC(=O)OC(C)(C)O1)P(=O)(O)O. The van der Waals surface area contributed by atoms with E-state index >= 15 is 0 Å². The summed E-state index contributed by atoms with van der Waals surface area (Å²) in [7, 11) is -4.46. The van der Waals surface area contributed by atoms with E-state index in [1.54, 1.807) is 13.8 Å². The van der Waals surface area contributed by atoms with Crippen molar-refractivity contribution in [1.29, 1.82) is 0 Å². The van der Waals surface area contributed by atoms with E-state index in [1.807, 2.05) is 0 Å². The van der Waals surface area contributed by atoms with Gasteiger partial charge in [0.15, 0.2) is 0 Å². The fraction of sp³-hybridized carbons (Fsp3) is 0.727. The largest absolute Gasteiger partial charge is 0.456 e. The highest BCUT2D eigenvalue weighted by molar-refractivity contribution is 7.53. The van der Waals surface area contributed by atoms with Crippen molar-refractivity contribution in [1.82, 2.24) is 0 Å². The van der Waals surface area contributed by atoms with Gasteiger partial charge in [-0.15, -0.1) is 0 Å². The minimum absolute atomic E-state index is 0.00193. The molecule has 1 rings (SSSR count). The first-order valence-electron chi connectivity index (χ1n) is 5.78. The number of ether oxygens (including phenoxy) is 2. The minimum atomic E-state index is -4.46. The topological polar surface area (TPSA) is 93.1 Å². The Kier molecular flexibility index (Phi) is 3.96. The van der Waals surface area contributed by atoms with Crippen LogP contribution in [0, 0.1) is 0 Å². The van der Waals surface area contributed by atoms with Gasteiger partial charge in [-0.1, -0.05) is 13.8 Å². The van der Waals surface area contributed by atoms with Crippen LogP contribution in [-0.2, 0) is 18.8 Å². The number of carbonyl (C=O) groups is 1. The summed E-state index contributed by atoms with van der Waals surface area (Å²) in [4.78, 5) is 30.6. The average molecular weight is 278 g/mol. The van der Waals surface area contributed by atoms with E-state index in [1.165, 1.54) is 13.8 Å². The van der Waals surface area contributed by atoms with Crippen molar-refractivity contribution in [3.8, 4) is 0 Å². The molecule has 0 amide bonds. The van der Waals surface area contributed by atoms with Gasteiger partial charge in [0.1, 0.15) is 10.9 Å². The van der Waals surface area contributed by atoms with E-state index in [2.05, 4.69) is 0 Å². The number of rotatable bonds is 4. The van der Waals surface area contributed by atoms with E-state index in [0.29, 0.717) is 0 Å². The Hall–Kier alpha value is -0.840. The van der Waals surface area contributed by atoms with Crippen LogP contribution in [0.4, 0.5) is 0 Å². The lowest BCUT2D eigenvalue weighted by atomic mass is 9.98. The molecule has 0 aliphatic carbocycles. The van der Waals surface area contributed by atoms with Crippen molar-refractivity contribution < 1.29 is 28.6 Å². The van der Waals surface area contributed by atoms with Gasteiger partial charge in [-0.2, -0.15) is 0 Å². The predicted molar refractivity (Wildman–Crippen MR) is 64.7 cm³/mol. The maximum atomic E-state index is 11.8. The van der Waals surface area contributed by atoms with Crippen molar-refractivity contribution in [3.05, 3.63) is 11.8 Å². The number of carbonyl (C=O) groups excluding carboxylic acids is 1. The van der Waals surface area contributed by atoms with Crippen molar-refractivity contribution in [2.45, 2.75) is 51.5 Å². The molecule has 1 aliphatic rings. The smallest absolute Gasteiger partial charge is 0.339 e. The molecule has 0 aromatic heterocycles. The van der Waals surface area contributed by atoms with Crippen molar-refractivity contribution in [2.24, 2.45) is 0 Å². The van der Waals surface area contributed by atoms with Gasteiger partial charge in [0.2, 0.25) is 5.79 Å². The molecule has 0 aromatic rings. The predicted octanol–water partition coefficient (Wildman–Crippen LogP) is 1.92. The fourth-order valence-corrected chi connectivity index (χ4v) is 3.30. The lowest BCUT2D eigenvalue weighted by molar-refractivity contribution is -0.207. The first-order chi connectivity index (χ1) is 8.08. The lowest BCUT2D eigenvalue weighted by Crippen LogP contribution is -2.42. The van der Waals surface area contributed by atoms with E-state index in [-0.39, 0.29) is 18.6 Å². The third kappa shape index (κ3) is 2.60. The zero-order chi connectivity index (χ0) is 14.2. The molecule has 0 radical (unpaired) electrons. The Morgan fingerprint density at radius 1 is 1.28 bits per heavy atom. The van der Waals surface area contributed by atoms with Gasteiger partial charge < -0.3 is 19.3 Å². The monoisotopic (exact) mass is 278 g/mol.